The van der Waals surface area contributed by atoms with E-state index in [2.05, 4.69) is 42.6 Å². The van der Waals surface area contributed by atoms with Gasteiger partial charge in [-0.15, -0.1) is 0 Å². The average molecular weight is 333 g/mol. The first-order valence-corrected chi connectivity index (χ1v) is 8.95. The van der Waals surface area contributed by atoms with Crippen LogP contribution in [-0.4, -0.2) is 13.1 Å². The molecule has 0 fully saturated rings. The van der Waals surface area contributed by atoms with Crippen LogP contribution >= 0.6 is 0 Å². The van der Waals surface area contributed by atoms with Gasteiger partial charge in [0, 0.05) is 11.6 Å². The van der Waals surface area contributed by atoms with Gasteiger partial charge in [0.15, 0.2) is 0 Å². The van der Waals surface area contributed by atoms with Crippen molar-refractivity contribution in [1.29, 1.82) is 0 Å². The molecule has 3 heteroatoms. The third kappa shape index (κ3) is 2.74. The fourth-order valence-corrected chi connectivity index (χ4v) is 4.14. The maximum absolute atomic E-state index is 11.7. The SMILES string of the molecule is CCc1ccc2c(c1)[C@@H]1C=CC[C@H]1[C@H](c1ccc(C(=O)OC)cc1)N2. The summed E-state index contributed by atoms with van der Waals surface area (Å²) in [5.41, 5.74) is 5.85. The topological polar surface area (TPSA) is 38.3 Å². The Morgan fingerprint density at radius 2 is 2.00 bits per heavy atom. The van der Waals surface area contributed by atoms with Crippen LogP contribution in [-0.2, 0) is 11.2 Å². The number of carbonyl (C=O) groups excluding carboxylic acids is 1. The van der Waals surface area contributed by atoms with Gasteiger partial charge in [0.25, 0.3) is 0 Å². The zero-order valence-electron chi connectivity index (χ0n) is 14.7. The normalized spacial score (nSPS) is 23.5. The lowest BCUT2D eigenvalue weighted by atomic mass is 9.76. The molecule has 0 radical (unpaired) electrons. The predicted molar refractivity (Wildman–Crippen MR) is 100.0 cm³/mol. The zero-order valence-corrected chi connectivity index (χ0v) is 14.7. The van der Waals surface area contributed by atoms with Gasteiger partial charge in [0.2, 0.25) is 0 Å². The molecule has 0 bridgehead atoms. The molecule has 1 N–H and O–H groups in total. The van der Waals surface area contributed by atoms with Crippen molar-refractivity contribution in [3.05, 3.63) is 76.9 Å². The smallest absolute Gasteiger partial charge is 0.337 e. The van der Waals surface area contributed by atoms with Crippen LogP contribution < -0.4 is 5.32 Å². The van der Waals surface area contributed by atoms with E-state index in [1.54, 1.807) is 0 Å². The molecule has 25 heavy (non-hydrogen) atoms. The molecule has 1 aliphatic carbocycles. The minimum Gasteiger partial charge on any atom is -0.465 e. The third-order valence-corrected chi connectivity index (χ3v) is 5.53. The number of ether oxygens (including phenoxy) is 1. The monoisotopic (exact) mass is 333 g/mol. The van der Waals surface area contributed by atoms with E-state index in [4.69, 9.17) is 4.74 Å². The molecule has 3 nitrogen and oxygen atoms in total. The number of carbonyl (C=O) groups is 1. The van der Waals surface area contributed by atoms with Crippen LogP contribution in [0, 0.1) is 5.92 Å². The predicted octanol–water partition coefficient (Wildman–Crippen LogP) is 4.86. The second kappa shape index (κ2) is 6.40. The highest BCUT2D eigenvalue weighted by molar-refractivity contribution is 5.89. The summed E-state index contributed by atoms with van der Waals surface area (Å²) < 4.78 is 4.79. The first-order chi connectivity index (χ1) is 12.2. The highest BCUT2D eigenvalue weighted by atomic mass is 16.5. The lowest BCUT2D eigenvalue weighted by Gasteiger charge is -2.37. The van der Waals surface area contributed by atoms with Gasteiger partial charge in [-0.05, 0) is 53.6 Å². The molecule has 0 aromatic heterocycles. The van der Waals surface area contributed by atoms with E-state index in [1.807, 2.05) is 24.3 Å². The van der Waals surface area contributed by atoms with Crippen LogP contribution in [0.1, 0.15) is 52.4 Å². The molecule has 2 aliphatic rings. The number of nitrogens with one attached hydrogen (secondary N) is 1. The van der Waals surface area contributed by atoms with Crippen LogP contribution in [0.3, 0.4) is 0 Å². The van der Waals surface area contributed by atoms with Gasteiger partial charge in [-0.3, -0.25) is 0 Å². The summed E-state index contributed by atoms with van der Waals surface area (Å²) in [7, 11) is 1.41. The first-order valence-electron chi connectivity index (χ1n) is 8.95. The van der Waals surface area contributed by atoms with E-state index < -0.39 is 0 Å². The second-order valence-corrected chi connectivity index (χ2v) is 6.86. The van der Waals surface area contributed by atoms with Crippen LogP contribution in [0.25, 0.3) is 0 Å². The molecule has 2 aromatic rings. The standard InChI is InChI=1S/C22H23NO2/c1-3-14-7-12-20-19(13-14)17-5-4-6-18(17)21(23-20)15-8-10-16(11-9-15)22(24)25-2/h4-5,7-13,17-18,21,23H,3,6H2,1-2H3/t17-,18-,21+/m1/s1. The number of methoxy groups -OCH3 is 1. The highest BCUT2D eigenvalue weighted by Gasteiger charge is 2.37. The molecular weight excluding hydrogens is 310 g/mol. The molecule has 4 rings (SSSR count). The van der Waals surface area contributed by atoms with Crippen molar-refractivity contribution in [2.45, 2.75) is 31.7 Å². The van der Waals surface area contributed by atoms with Gasteiger partial charge >= 0.3 is 5.97 Å². The summed E-state index contributed by atoms with van der Waals surface area (Å²) in [4.78, 5) is 11.7. The number of fused-ring (bicyclic) bond motifs is 3. The summed E-state index contributed by atoms with van der Waals surface area (Å²) in [5, 5.41) is 3.74. The Morgan fingerprint density at radius 1 is 1.20 bits per heavy atom. The molecule has 0 spiro atoms. The molecule has 1 aliphatic heterocycles. The minimum atomic E-state index is -0.291. The van der Waals surface area contributed by atoms with Crippen molar-refractivity contribution in [2.24, 2.45) is 5.92 Å². The number of hydrogen-bond acceptors (Lipinski definition) is 3. The molecule has 128 valence electrons. The van der Waals surface area contributed by atoms with Crippen LogP contribution in [0.15, 0.2) is 54.6 Å². The number of hydrogen-bond donors (Lipinski definition) is 1. The van der Waals surface area contributed by atoms with Gasteiger partial charge in [-0.1, -0.05) is 43.3 Å². The lowest BCUT2D eigenvalue weighted by Crippen LogP contribution is -2.29. The number of anilines is 1. The maximum atomic E-state index is 11.7. The van der Waals surface area contributed by atoms with Crippen molar-refractivity contribution in [2.75, 3.05) is 12.4 Å². The summed E-state index contributed by atoms with van der Waals surface area (Å²) >= 11 is 0. The van der Waals surface area contributed by atoms with E-state index in [0.717, 1.165) is 12.8 Å². The van der Waals surface area contributed by atoms with Crippen molar-refractivity contribution >= 4 is 11.7 Å². The van der Waals surface area contributed by atoms with Crippen molar-refractivity contribution in [3.63, 3.8) is 0 Å². The lowest BCUT2D eigenvalue weighted by molar-refractivity contribution is 0.0600. The summed E-state index contributed by atoms with van der Waals surface area (Å²) in [6, 6.07) is 14.8. The molecule has 0 saturated carbocycles. The fraction of sp³-hybridized carbons (Fsp3) is 0.318. The largest absolute Gasteiger partial charge is 0.465 e. The van der Waals surface area contributed by atoms with E-state index in [0.29, 0.717) is 17.4 Å². The first kappa shape index (κ1) is 15.9. The Hall–Kier alpha value is -2.55. The number of allylic oxidation sites excluding steroid dienone is 2. The Bertz CT molecular complexity index is 822. The van der Waals surface area contributed by atoms with Crippen LogP contribution in [0.5, 0.6) is 0 Å². The quantitative estimate of drug-likeness (QED) is 0.644. The number of aryl methyl sites for hydroxylation is 1. The molecular formula is C22H23NO2. The summed E-state index contributed by atoms with van der Waals surface area (Å²) in [6.07, 6.45) is 6.81. The van der Waals surface area contributed by atoms with Gasteiger partial charge in [-0.25, -0.2) is 4.79 Å². The Labute approximate surface area is 148 Å². The average Bonchev–Trinajstić information content (AvgIpc) is 3.16. The Kier molecular flexibility index (Phi) is 4.08. The van der Waals surface area contributed by atoms with Crippen molar-refractivity contribution in [3.8, 4) is 0 Å². The van der Waals surface area contributed by atoms with E-state index >= 15 is 0 Å². The highest BCUT2D eigenvalue weighted by Crippen LogP contribution is 2.49. The van der Waals surface area contributed by atoms with Gasteiger partial charge in [0.05, 0.1) is 18.7 Å². The second-order valence-electron chi connectivity index (χ2n) is 6.86. The molecule has 1 heterocycles. The number of benzene rings is 2. The number of esters is 1. The molecule has 2 aromatic carbocycles. The van der Waals surface area contributed by atoms with Crippen LogP contribution in [0.4, 0.5) is 5.69 Å². The Balaban J connectivity index is 1.68. The number of rotatable bonds is 3. The molecule has 0 unspecified atom stereocenters. The summed E-state index contributed by atoms with van der Waals surface area (Å²) in [6.45, 7) is 2.20. The zero-order chi connectivity index (χ0) is 17.4. The van der Waals surface area contributed by atoms with Gasteiger partial charge in [-0.2, -0.15) is 0 Å². The van der Waals surface area contributed by atoms with Crippen molar-refractivity contribution in [1.82, 2.24) is 0 Å². The van der Waals surface area contributed by atoms with Crippen molar-refractivity contribution < 1.29 is 9.53 Å². The molecule has 0 saturated heterocycles. The van der Waals surface area contributed by atoms with Crippen LogP contribution in [0.2, 0.25) is 0 Å². The summed E-state index contributed by atoms with van der Waals surface area (Å²) in [5.74, 6) is 0.692. The van der Waals surface area contributed by atoms with E-state index in [9.17, 15) is 4.79 Å². The van der Waals surface area contributed by atoms with E-state index in [-0.39, 0.29) is 12.0 Å². The minimum absolute atomic E-state index is 0.256. The van der Waals surface area contributed by atoms with Gasteiger partial charge in [0.1, 0.15) is 0 Å². The molecule has 0 amide bonds. The van der Waals surface area contributed by atoms with E-state index in [1.165, 1.54) is 29.5 Å². The maximum Gasteiger partial charge on any atom is 0.337 e. The molecule has 3 atom stereocenters. The third-order valence-electron chi connectivity index (χ3n) is 5.53. The fourth-order valence-electron chi connectivity index (χ4n) is 4.14. The Morgan fingerprint density at radius 3 is 2.72 bits per heavy atom. The van der Waals surface area contributed by atoms with Gasteiger partial charge < -0.3 is 10.1 Å².